The Balaban J connectivity index is 1.40. The molecule has 0 spiro atoms. The van der Waals surface area contributed by atoms with E-state index < -0.39 is 0 Å². The maximum atomic E-state index is 13.3. The molecule has 0 bridgehead atoms. The van der Waals surface area contributed by atoms with E-state index in [1.807, 2.05) is 55.5 Å². The lowest BCUT2D eigenvalue weighted by Crippen LogP contribution is -2.45. The molecular weight excluding hydrogens is 462 g/mol. The number of aryl methyl sites for hydroxylation is 1. The van der Waals surface area contributed by atoms with Crippen molar-refractivity contribution in [1.82, 2.24) is 5.32 Å². The molecule has 0 amide bonds. The third kappa shape index (κ3) is 7.67. The Morgan fingerprint density at radius 2 is 1.62 bits per heavy atom. The summed E-state index contributed by atoms with van der Waals surface area (Å²) >= 11 is 0. The van der Waals surface area contributed by atoms with Gasteiger partial charge in [-0.05, 0) is 74.8 Å². The normalized spacial score (nSPS) is 24.6. The van der Waals surface area contributed by atoms with E-state index in [9.17, 15) is 9.59 Å². The molecule has 0 aliphatic heterocycles. The molecule has 0 radical (unpaired) electrons. The monoisotopic (exact) mass is 505 g/mol. The van der Waals surface area contributed by atoms with E-state index >= 15 is 0 Å². The van der Waals surface area contributed by atoms with E-state index in [-0.39, 0.29) is 35.9 Å². The largest absolute Gasteiger partial charge is 0.465 e. The first-order valence-corrected chi connectivity index (χ1v) is 14.2. The fraction of sp³-hybridized carbons (Fsp3) is 0.562. The highest BCUT2D eigenvalue weighted by Gasteiger charge is 2.47. The number of nitrogens with one attached hydrogen (secondary N) is 1. The van der Waals surface area contributed by atoms with Crippen LogP contribution in [-0.2, 0) is 32.1 Å². The minimum atomic E-state index is -0.359. The van der Waals surface area contributed by atoms with E-state index in [0.29, 0.717) is 31.5 Å². The number of ether oxygens (including phenoxy) is 2. The van der Waals surface area contributed by atoms with Crippen molar-refractivity contribution in [1.29, 1.82) is 0 Å². The van der Waals surface area contributed by atoms with Crippen molar-refractivity contribution in [3.05, 3.63) is 71.8 Å². The van der Waals surface area contributed by atoms with Crippen molar-refractivity contribution in [2.24, 2.45) is 23.7 Å². The van der Waals surface area contributed by atoms with Gasteiger partial charge in [-0.25, -0.2) is 0 Å². The zero-order chi connectivity index (χ0) is 26.0. The SMILES string of the molecule is CCOC(=O)[C@H](CCc1ccccc1)N[C@@H](C)CC1[C@H]2CCCC[C@@H]2C[C@H]1C(=O)OCc1ccccc1. The quantitative estimate of drug-likeness (QED) is 0.353. The number of hydrogen-bond acceptors (Lipinski definition) is 5. The predicted molar refractivity (Wildman–Crippen MR) is 146 cm³/mol. The second-order valence-electron chi connectivity index (χ2n) is 10.9. The van der Waals surface area contributed by atoms with Gasteiger partial charge in [-0.2, -0.15) is 0 Å². The summed E-state index contributed by atoms with van der Waals surface area (Å²) in [4.78, 5) is 26.1. The molecule has 200 valence electrons. The number of fused-ring (bicyclic) bond motifs is 1. The summed E-state index contributed by atoms with van der Waals surface area (Å²) in [5, 5.41) is 3.58. The molecule has 2 aromatic rings. The second-order valence-corrected chi connectivity index (χ2v) is 10.9. The van der Waals surface area contributed by atoms with Gasteiger partial charge < -0.3 is 14.8 Å². The summed E-state index contributed by atoms with van der Waals surface area (Å²) in [5.74, 6) is 1.16. The van der Waals surface area contributed by atoms with Crippen LogP contribution in [0.4, 0.5) is 0 Å². The van der Waals surface area contributed by atoms with Crippen molar-refractivity contribution in [3.63, 3.8) is 0 Å². The van der Waals surface area contributed by atoms with Gasteiger partial charge in [0.25, 0.3) is 0 Å². The van der Waals surface area contributed by atoms with Crippen LogP contribution in [-0.4, -0.2) is 30.6 Å². The van der Waals surface area contributed by atoms with E-state index in [0.717, 1.165) is 24.8 Å². The highest BCUT2D eigenvalue weighted by atomic mass is 16.5. The Labute approximate surface area is 222 Å². The topological polar surface area (TPSA) is 64.6 Å². The Hall–Kier alpha value is -2.66. The van der Waals surface area contributed by atoms with Crippen LogP contribution in [0.1, 0.15) is 69.9 Å². The molecule has 0 aromatic heterocycles. The van der Waals surface area contributed by atoms with Crippen LogP contribution >= 0.6 is 0 Å². The Bertz CT molecular complexity index is 979. The van der Waals surface area contributed by atoms with Crippen molar-refractivity contribution in [3.8, 4) is 0 Å². The maximum Gasteiger partial charge on any atom is 0.323 e. The summed E-state index contributed by atoms with van der Waals surface area (Å²) in [6.45, 7) is 4.70. The van der Waals surface area contributed by atoms with Gasteiger partial charge in [0, 0.05) is 6.04 Å². The highest BCUT2D eigenvalue weighted by Crippen LogP contribution is 2.51. The second kappa shape index (κ2) is 13.8. The van der Waals surface area contributed by atoms with Gasteiger partial charge in [0.05, 0.1) is 12.5 Å². The average Bonchev–Trinajstić information content (AvgIpc) is 3.29. The number of carbonyl (C=O) groups excluding carboxylic acids is 2. The van der Waals surface area contributed by atoms with Crippen molar-refractivity contribution < 1.29 is 19.1 Å². The van der Waals surface area contributed by atoms with Gasteiger partial charge in [0.15, 0.2) is 0 Å². The average molecular weight is 506 g/mol. The standard InChI is InChI=1S/C32H43NO4/c1-3-36-32(35)30(19-18-24-12-6-4-7-13-24)33-23(2)20-28-27-17-11-10-16-26(27)21-29(28)31(34)37-22-25-14-8-5-9-15-25/h4-9,12-15,23,26-30,33H,3,10-11,16-22H2,1-2H3/t23-,26+,27-,28?,29+,30-/m0/s1. The number of esters is 2. The molecule has 2 aliphatic rings. The van der Waals surface area contributed by atoms with Gasteiger partial charge in [0.1, 0.15) is 12.6 Å². The first-order valence-electron chi connectivity index (χ1n) is 14.2. The van der Waals surface area contributed by atoms with Gasteiger partial charge in [-0.15, -0.1) is 0 Å². The first-order chi connectivity index (χ1) is 18.0. The summed E-state index contributed by atoms with van der Waals surface area (Å²) in [6, 6.07) is 19.9. The van der Waals surface area contributed by atoms with E-state index in [1.54, 1.807) is 0 Å². The van der Waals surface area contributed by atoms with Crippen LogP contribution < -0.4 is 5.32 Å². The number of benzene rings is 2. The zero-order valence-corrected chi connectivity index (χ0v) is 22.4. The molecule has 1 unspecified atom stereocenters. The third-order valence-electron chi connectivity index (χ3n) is 8.37. The van der Waals surface area contributed by atoms with Crippen LogP contribution in [0.5, 0.6) is 0 Å². The molecule has 2 saturated carbocycles. The lowest BCUT2D eigenvalue weighted by atomic mass is 9.75. The molecule has 37 heavy (non-hydrogen) atoms. The van der Waals surface area contributed by atoms with E-state index in [4.69, 9.17) is 9.47 Å². The molecule has 5 heteroatoms. The summed E-state index contributed by atoms with van der Waals surface area (Å²) in [6.07, 6.45) is 8.22. The first kappa shape index (κ1) is 27.4. The molecule has 2 fully saturated rings. The van der Waals surface area contributed by atoms with Crippen LogP contribution in [0.25, 0.3) is 0 Å². The minimum absolute atomic E-state index is 0.0542. The Morgan fingerprint density at radius 1 is 0.946 bits per heavy atom. The number of hydrogen-bond donors (Lipinski definition) is 1. The third-order valence-corrected chi connectivity index (χ3v) is 8.37. The zero-order valence-electron chi connectivity index (χ0n) is 22.4. The van der Waals surface area contributed by atoms with Gasteiger partial charge >= 0.3 is 11.9 Å². The molecule has 2 aliphatic carbocycles. The molecule has 0 saturated heterocycles. The fourth-order valence-electron chi connectivity index (χ4n) is 6.63. The smallest absolute Gasteiger partial charge is 0.323 e. The van der Waals surface area contributed by atoms with Crippen LogP contribution in [0.2, 0.25) is 0 Å². The minimum Gasteiger partial charge on any atom is -0.465 e. The number of rotatable bonds is 12. The fourth-order valence-corrected chi connectivity index (χ4v) is 6.63. The highest BCUT2D eigenvalue weighted by molar-refractivity contribution is 5.76. The van der Waals surface area contributed by atoms with Gasteiger partial charge in [-0.1, -0.05) is 79.9 Å². The van der Waals surface area contributed by atoms with E-state index in [2.05, 4.69) is 24.4 Å². The molecule has 5 nitrogen and oxygen atoms in total. The predicted octanol–water partition coefficient (Wildman–Crippen LogP) is 6.11. The molecule has 2 aromatic carbocycles. The van der Waals surface area contributed by atoms with Crippen LogP contribution in [0, 0.1) is 23.7 Å². The summed E-state index contributed by atoms with van der Waals surface area (Å²) in [5.41, 5.74) is 2.24. The number of carbonyl (C=O) groups is 2. The lowest BCUT2D eigenvalue weighted by molar-refractivity contribution is -0.152. The Kier molecular flexibility index (Phi) is 10.2. The summed E-state index contributed by atoms with van der Waals surface area (Å²) < 4.78 is 11.2. The molecule has 4 rings (SSSR count). The molecule has 6 atom stereocenters. The van der Waals surface area contributed by atoms with Crippen molar-refractivity contribution in [2.45, 2.75) is 83.9 Å². The lowest BCUT2D eigenvalue weighted by Gasteiger charge is -2.32. The van der Waals surface area contributed by atoms with Crippen molar-refractivity contribution in [2.75, 3.05) is 6.61 Å². The maximum absolute atomic E-state index is 13.3. The van der Waals surface area contributed by atoms with Crippen LogP contribution in [0.3, 0.4) is 0 Å². The van der Waals surface area contributed by atoms with E-state index in [1.165, 1.54) is 31.2 Å². The molecule has 0 heterocycles. The van der Waals surface area contributed by atoms with Crippen molar-refractivity contribution >= 4 is 11.9 Å². The Morgan fingerprint density at radius 3 is 2.32 bits per heavy atom. The van der Waals surface area contributed by atoms with Gasteiger partial charge in [-0.3, -0.25) is 9.59 Å². The van der Waals surface area contributed by atoms with Gasteiger partial charge in [0.2, 0.25) is 0 Å². The summed E-state index contributed by atoms with van der Waals surface area (Å²) in [7, 11) is 0. The molecule has 1 N–H and O–H groups in total. The molecular formula is C32H43NO4. The van der Waals surface area contributed by atoms with Crippen LogP contribution in [0.15, 0.2) is 60.7 Å².